The Kier molecular flexibility index (Phi) is 6.17. The molecule has 8 nitrogen and oxygen atoms in total. The lowest BCUT2D eigenvalue weighted by molar-refractivity contribution is 0.0880. The van der Waals surface area contributed by atoms with Crippen LogP contribution in [0.2, 0.25) is 0 Å². The molecule has 0 saturated carbocycles. The number of phosphoric ester groups is 2. The van der Waals surface area contributed by atoms with Gasteiger partial charge >= 0.3 is 15.6 Å². The first-order valence-corrected chi connectivity index (χ1v) is 9.45. The summed E-state index contributed by atoms with van der Waals surface area (Å²) in [7, 11) is -3.81. The van der Waals surface area contributed by atoms with Crippen LogP contribution >= 0.6 is 15.6 Å². The highest BCUT2D eigenvalue weighted by Crippen LogP contribution is 2.53. The van der Waals surface area contributed by atoms with Crippen molar-refractivity contribution in [3.05, 3.63) is 29.8 Å². The van der Waals surface area contributed by atoms with Crippen molar-refractivity contribution < 1.29 is 36.3 Å². The highest BCUT2D eigenvalue weighted by atomic mass is 31.2. The molecule has 0 amide bonds. The molecule has 1 aromatic carbocycles. The first kappa shape index (κ1) is 17.6. The fraction of sp³-hybridized carbons (Fsp3) is 0.500. The number of hydrogen-bond donors (Lipinski definition) is 0. The zero-order valence-corrected chi connectivity index (χ0v) is 14.1. The third kappa shape index (κ3) is 4.64. The van der Waals surface area contributed by atoms with Crippen molar-refractivity contribution in [3.63, 3.8) is 0 Å². The van der Waals surface area contributed by atoms with Crippen molar-refractivity contribution in [1.29, 1.82) is 0 Å². The van der Waals surface area contributed by atoms with Gasteiger partial charge in [-0.25, -0.2) is 9.13 Å². The predicted octanol–water partition coefficient (Wildman–Crippen LogP) is 3.53. The number of para-hydroxylation sites is 1. The Morgan fingerprint density at radius 3 is 2.18 bits per heavy atom. The molecular weight excluding hydrogens is 334 g/mol. The Morgan fingerprint density at radius 1 is 0.955 bits per heavy atom. The molecule has 22 heavy (non-hydrogen) atoms. The topological polar surface area (TPSA) is 89.5 Å². The van der Waals surface area contributed by atoms with Crippen molar-refractivity contribution in [1.82, 2.24) is 0 Å². The molecule has 124 valence electrons. The van der Waals surface area contributed by atoms with E-state index in [4.69, 9.17) is 18.1 Å². The Bertz CT molecular complexity index is 580. The molecule has 2 aliphatic rings. The molecule has 1 atom stereocenters. The number of phosphoric acid groups is 2. The van der Waals surface area contributed by atoms with Gasteiger partial charge in [0.05, 0.1) is 19.8 Å². The molecule has 0 radical (unpaired) electrons. The molecule has 0 bridgehead atoms. The largest absolute Gasteiger partial charge is 0.530 e. The van der Waals surface area contributed by atoms with E-state index in [-0.39, 0.29) is 6.61 Å². The summed E-state index contributed by atoms with van der Waals surface area (Å²) < 4.78 is 51.1. The van der Waals surface area contributed by atoms with Crippen LogP contribution < -0.4 is 4.52 Å². The summed E-state index contributed by atoms with van der Waals surface area (Å²) in [6, 6.07) is 7.27. The van der Waals surface area contributed by atoms with Crippen LogP contribution in [-0.2, 0) is 38.4 Å². The molecule has 0 spiro atoms. The van der Waals surface area contributed by atoms with E-state index < -0.39 is 15.6 Å². The standard InChI is InChI=1S/C8H9O4P.C4H9O4P/c1-10-13(9)11-6-7-4-2-3-5-8(7)12-13;1-6-9(5)7-3-2-4-8-9/h2-5H,6H2,1H3;2-4H2,1H3. The van der Waals surface area contributed by atoms with Crippen LogP contribution in [0, 0.1) is 0 Å². The molecule has 0 N–H and O–H groups in total. The number of benzene rings is 1. The third-order valence-corrected chi connectivity index (χ3v) is 5.55. The van der Waals surface area contributed by atoms with Crippen LogP contribution in [-0.4, -0.2) is 27.4 Å². The quantitative estimate of drug-likeness (QED) is 0.747. The van der Waals surface area contributed by atoms with E-state index >= 15 is 0 Å². The van der Waals surface area contributed by atoms with E-state index in [9.17, 15) is 9.13 Å². The highest BCUT2D eigenvalue weighted by molar-refractivity contribution is 7.49. The SMILES string of the molecule is COP1(=O)OCCCO1.COP1(=O)OCc2ccccc2O1. The van der Waals surface area contributed by atoms with E-state index in [1.807, 2.05) is 18.2 Å². The Hall–Kier alpha value is -0.720. The van der Waals surface area contributed by atoms with Crippen molar-refractivity contribution >= 4 is 15.6 Å². The van der Waals surface area contributed by atoms with Gasteiger partial charge in [0.1, 0.15) is 5.75 Å². The monoisotopic (exact) mass is 352 g/mol. The number of fused-ring (bicyclic) bond motifs is 1. The first-order valence-electron chi connectivity index (χ1n) is 6.53. The molecule has 2 aliphatic heterocycles. The van der Waals surface area contributed by atoms with Gasteiger partial charge in [-0.2, -0.15) is 0 Å². The van der Waals surface area contributed by atoms with E-state index in [2.05, 4.69) is 9.05 Å². The fourth-order valence-electron chi connectivity index (χ4n) is 1.65. The first-order chi connectivity index (χ1) is 10.5. The van der Waals surface area contributed by atoms with Gasteiger partial charge in [-0.1, -0.05) is 18.2 Å². The minimum Gasteiger partial charge on any atom is -0.404 e. The summed E-state index contributed by atoms with van der Waals surface area (Å²) in [6.07, 6.45) is 0.785. The summed E-state index contributed by atoms with van der Waals surface area (Å²) in [4.78, 5) is 0. The average molecular weight is 352 g/mol. The maximum atomic E-state index is 11.5. The van der Waals surface area contributed by atoms with Crippen LogP contribution in [0.1, 0.15) is 12.0 Å². The van der Waals surface area contributed by atoms with Crippen molar-refractivity contribution in [2.24, 2.45) is 0 Å². The van der Waals surface area contributed by atoms with E-state index in [1.54, 1.807) is 6.07 Å². The molecule has 1 aromatic rings. The van der Waals surface area contributed by atoms with Gasteiger partial charge in [-0.3, -0.25) is 22.6 Å². The smallest absolute Gasteiger partial charge is 0.404 e. The van der Waals surface area contributed by atoms with Gasteiger partial charge in [-0.05, 0) is 12.5 Å². The number of hydrogen-bond acceptors (Lipinski definition) is 8. The molecule has 3 rings (SSSR count). The van der Waals surface area contributed by atoms with Crippen LogP contribution in [0.5, 0.6) is 5.75 Å². The molecule has 1 fully saturated rings. The lowest BCUT2D eigenvalue weighted by Gasteiger charge is -2.23. The second kappa shape index (κ2) is 7.70. The average Bonchev–Trinajstić information content (AvgIpc) is 2.56. The Morgan fingerprint density at radius 2 is 1.59 bits per heavy atom. The van der Waals surface area contributed by atoms with Crippen LogP contribution in [0.3, 0.4) is 0 Å². The normalized spacial score (nSPS) is 26.1. The zero-order valence-electron chi connectivity index (χ0n) is 12.3. The number of rotatable bonds is 2. The maximum Gasteiger partial charge on any atom is 0.530 e. The lowest BCUT2D eigenvalue weighted by atomic mass is 10.2. The summed E-state index contributed by atoms with van der Waals surface area (Å²) in [5, 5.41) is 0. The maximum absolute atomic E-state index is 11.5. The Balaban J connectivity index is 0.000000172. The summed E-state index contributed by atoms with van der Waals surface area (Å²) in [6.45, 7) is 1.19. The molecule has 0 aromatic heterocycles. The van der Waals surface area contributed by atoms with Crippen LogP contribution in [0.25, 0.3) is 0 Å². The molecule has 2 heterocycles. The van der Waals surface area contributed by atoms with E-state index in [1.165, 1.54) is 14.2 Å². The van der Waals surface area contributed by atoms with Gasteiger partial charge in [0.2, 0.25) is 0 Å². The van der Waals surface area contributed by atoms with Crippen LogP contribution in [0.15, 0.2) is 24.3 Å². The van der Waals surface area contributed by atoms with E-state index in [0.29, 0.717) is 19.0 Å². The fourth-order valence-corrected chi connectivity index (χ4v) is 3.59. The minimum atomic E-state index is -3.33. The van der Waals surface area contributed by atoms with Crippen molar-refractivity contribution in [2.75, 3.05) is 27.4 Å². The second-order valence-corrected chi connectivity index (χ2v) is 7.73. The molecule has 0 aliphatic carbocycles. The summed E-state index contributed by atoms with van der Waals surface area (Å²) in [5.74, 6) is 0.568. The van der Waals surface area contributed by atoms with E-state index in [0.717, 1.165) is 12.0 Å². The van der Waals surface area contributed by atoms with Gasteiger partial charge in [-0.15, -0.1) is 0 Å². The van der Waals surface area contributed by atoms with Gasteiger partial charge in [0.25, 0.3) is 0 Å². The van der Waals surface area contributed by atoms with Crippen molar-refractivity contribution in [3.8, 4) is 5.75 Å². The molecular formula is C12H18O8P2. The molecule has 1 saturated heterocycles. The molecule has 1 unspecified atom stereocenters. The van der Waals surface area contributed by atoms with Crippen molar-refractivity contribution in [2.45, 2.75) is 13.0 Å². The highest BCUT2D eigenvalue weighted by Gasteiger charge is 2.32. The molecule has 10 heteroatoms. The van der Waals surface area contributed by atoms with Gasteiger partial charge in [0.15, 0.2) is 0 Å². The van der Waals surface area contributed by atoms with Crippen LogP contribution in [0.4, 0.5) is 0 Å². The van der Waals surface area contributed by atoms with Gasteiger partial charge in [0, 0.05) is 19.8 Å². The van der Waals surface area contributed by atoms with Gasteiger partial charge < -0.3 is 4.52 Å². The third-order valence-electron chi connectivity index (χ3n) is 2.80. The predicted molar refractivity (Wildman–Crippen MR) is 77.6 cm³/mol. The summed E-state index contributed by atoms with van der Waals surface area (Å²) >= 11 is 0. The Labute approximate surface area is 128 Å². The zero-order chi connectivity index (χ0) is 16.1. The summed E-state index contributed by atoms with van der Waals surface area (Å²) in [5.41, 5.74) is 0.881. The lowest BCUT2D eigenvalue weighted by Crippen LogP contribution is -2.08. The minimum absolute atomic E-state index is 0.265. The second-order valence-electron chi connectivity index (χ2n) is 4.25.